The first-order chi connectivity index (χ1) is 12.0. The van der Waals surface area contributed by atoms with E-state index in [1.165, 1.54) is 0 Å². The highest BCUT2D eigenvalue weighted by Gasteiger charge is 2.08. The van der Waals surface area contributed by atoms with Gasteiger partial charge >= 0.3 is 12.1 Å². The highest BCUT2D eigenvalue weighted by molar-refractivity contribution is 5.89. The van der Waals surface area contributed by atoms with Crippen LogP contribution in [0.2, 0.25) is 0 Å². The fourth-order valence-electron chi connectivity index (χ4n) is 2.22. The maximum atomic E-state index is 11.9. The summed E-state index contributed by atoms with van der Waals surface area (Å²) in [6.45, 7) is 2.14. The highest BCUT2D eigenvalue weighted by atomic mass is 16.5. The number of benzene rings is 2. The van der Waals surface area contributed by atoms with E-state index in [0.717, 1.165) is 16.9 Å². The molecule has 2 aromatic carbocycles. The van der Waals surface area contributed by atoms with Crippen molar-refractivity contribution in [1.82, 2.24) is 10.6 Å². The van der Waals surface area contributed by atoms with Crippen molar-refractivity contribution in [2.75, 3.05) is 12.4 Å². The van der Waals surface area contributed by atoms with Crippen LogP contribution in [0, 0.1) is 0 Å². The molecule has 0 fully saturated rings. The fraction of sp³-hybridized carbons (Fsp3) is 0.222. The average molecular weight is 343 g/mol. The van der Waals surface area contributed by atoms with Crippen molar-refractivity contribution in [3.63, 3.8) is 0 Å². The molecule has 0 spiro atoms. The molecular weight excluding hydrogens is 322 g/mol. The van der Waals surface area contributed by atoms with E-state index in [9.17, 15) is 9.59 Å². The molecule has 0 bridgehead atoms. The molecule has 0 aliphatic carbocycles. The van der Waals surface area contributed by atoms with Gasteiger partial charge < -0.3 is 25.8 Å². The molecule has 0 saturated heterocycles. The van der Waals surface area contributed by atoms with Gasteiger partial charge in [-0.15, -0.1) is 0 Å². The van der Waals surface area contributed by atoms with E-state index in [-0.39, 0.29) is 12.1 Å². The number of urea groups is 1. The Hall–Kier alpha value is -3.22. The summed E-state index contributed by atoms with van der Waals surface area (Å²) in [7, 11) is 1.60. The number of methoxy groups -OCH3 is 1. The first kappa shape index (κ1) is 18.1. The van der Waals surface area contributed by atoms with Crippen LogP contribution in [-0.2, 0) is 6.54 Å². The molecule has 1 unspecified atom stereocenters. The van der Waals surface area contributed by atoms with Crippen LogP contribution in [0.4, 0.5) is 15.3 Å². The van der Waals surface area contributed by atoms with Gasteiger partial charge in [-0.2, -0.15) is 0 Å². The van der Waals surface area contributed by atoms with Crippen LogP contribution >= 0.6 is 0 Å². The van der Waals surface area contributed by atoms with Gasteiger partial charge in [0.2, 0.25) is 0 Å². The van der Waals surface area contributed by atoms with Crippen LogP contribution in [-0.4, -0.2) is 24.3 Å². The van der Waals surface area contributed by atoms with Gasteiger partial charge in [0, 0.05) is 12.2 Å². The van der Waals surface area contributed by atoms with Crippen molar-refractivity contribution >= 4 is 17.8 Å². The number of carboxylic acid groups (broad SMARTS) is 1. The number of carbonyl (C=O) groups excluding carboxylic acids is 1. The summed E-state index contributed by atoms with van der Waals surface area (Å²) in [5.41, 5.74) is 2.39. The molecular formula is C18H21N3O4. The van der Waals surface area contributed by atoms with E-state index < -0.39 is 6.09 Å². The van der Waals surface area contributed by atoms with Gasteiger partial charge in [0.05, 0.1) is 13.2 Å². The molecule has 0 aromatic heterocycles. The maximum absolute atomic E-state index is 11.9. The third-order valence-corrected chi connectivity index (χ3v) is 3.62. The molecule has 25 heavy (non-hydrogen) atoms. The van der Waals surface area contributed by atoms with Gasteiger partial charge in [-0.25, -0.2) is 9.59 Å². The number of hydrogen-bond donors (Lipinski definition) is 4. The molecule has 3 amide bonds. The lowest BCUT2D eigenvalue weighted by molar-refractivity contribution is 0.191. The molecule has 0 radical (unpaired) electrons. The Morgan fingerprint density at radius 2 is 1.72 bits per heavy atom. The van der Waals surface area contributed by atoms with Crippen molar-refractivity contribution in [2.45, 2.75) is 19.5 Å². The number of amides is 3. The zero-order valence-corrected chi connectivity index (χ0v) is 14.1. The Labute approximate surface area is 146 Å². The number of hydrogen-bond acceptors (Lipinski definition) is 3. The predicted molar refractivity (Wildman–Crippen MR) is 94.9 cm³/mol. The minimum Gasteiger partial charge on any atom is -0.497 e. The van der Waals surface area contributed by atoms with Crippen LogP contribution in [0.3, 0.4) is 0 Å². The number of ether oxygens (including phenoxy) is 1. The fourth-order valence-corrected chi connectivity index (χ4v) is 2.22. The maximum Gasteiger partial charge on any atom is 0.405 e. The highest BCUT2D eigenvalue weighted by Crippen LogP contribution is 2.16. The predicted octanol–water partition coefficient (Wildman–Crippen LogP) is 3.35. The average Bonchev–Trinajstić information content (AvgIpc) is 2.60. The quantitative estimate of drug-likeness (QED) is 0.646. The number of anilines is 1. The van der Waals surface area contributed by atoms with E-state index in [4.69, 9.17) is 9.84 Å². The van der Waals surface area contributed by atoms with E-state index in [1.54, 1.807) is 38.3 Å². The molecule has 2 rings (SSSR count). The Morgan fingerprint density at radius 1 is 1.08 bits per heavy atom. The second-order valence-corrected chi connectivity index (χ2v) is 5.45. The molecule has 132 valence electrons. The standard InChI is InChI=1S/C18H21N3O4/c1-12(20-18(23)24)14-5-7-15(8-6-14)21-17(22)19-11-13-3-9-16(25-2)10-4-13/h3-10,12,20H,11H2,1-2H3,(H,23,24)(H2,19,21,22). The van der Waals surface area contributed by atoms with Crippen LogP contribution in [0.5, 0.6) is 5.75 Å². The number of rotatable bonds is 6. The van der Waals surface area contributed by atoms with Crippen LogP contribution in [0.1, 0.15) is 24.1 Å². The van der Waals surface area contributed by atoms with Crippen LogP contribution in [0.25, 0.3) is 0 Å². The summed E-state index contributed by atoms with van der Waals surface area (Å²) in [5, 5.41) is 16.6. The number of nitrogens with one attached hydrogen (secondary N) is 3. The summed E-state index contributed by atoms with van der Waals surface area (Å²) < 4.78 is 5.08. The molecule has 7 heteroatoms. The summed E-state index contributed by atoms with van der Waals surface area (Å²) in [4.78, 5) is 22.6. The van der Waals surface area contributed by atoms with Gasteiger partial charge in [-0.3, -0.25) is 0 Å². The van der Waals surface area contributed by atoms with E-state index in [0.29, 0.717) is 12.2 Å². The first-order valence-electron chi connectivity index (χ1n) is 7.75. The molecule has 4 N–H and O–H groups in total. The summed E-state index contributed by atoms with van der Waals surface area (Å²) in [6, 6.07) is 13.8. The van der Waals surface area contributed by atoms with Crippen molar-refractivity contribution in [1.29, 1.82) is 0 Å². The third-order valence-electron chi connectivity index (χ3n) is 3.62. The van der Waals surface area contributed by atoms with Gasteiger partial charge in [-0.05, 0) is 42.3 Å². The molecule has 7 nitrogen and oxygen atoms in total. The van der Waals surface area contributed by atoms with E-state index in [1.807, 2.05) is 24.3 Å². The Balaban J connectivity index is 1.84. The van der Waals surface area contributed by atoms with Gasteiger partial charge in [-0.1, -0.05) is 24.3 Å². The lowest BCUT2D eigenvalue weighted by atomic mass is 10.1. The second kappa shape index (κ2) is 8.58. The largest absolute Gasteiger partial charge is 0.497 e. The molecule has 1 atom stereocenters. The summed E-state index contributed by atoms with van der Waals surface area (Å²) in [6.07, 6.45) is -1.08. The van der Waals surface area contributed by atoms with Crippen molar-refractivity contribution in [3.8, 4) is 5.75 Å². The SMILES string of the molecule is COc1ccc(CNC(=O)Nc2ccc(C(C)NC(=O)O)cc2)cc1. The van der Waals surface area contributed by atoms with Gasteiger partial charge in [0.25, 0.3) is 0 Å². The van der Waals surface area contributed by atoms with E-state index >= 15 is 0 Å². The molecule has 2 aromatic rings. The topological polar surface area (TPSA) is 99.7 Å². The number of carbonyl (C=O) groups is 2. The molecule has 0 aliphatic heterocycles. The molecule has 0 heterocycles. The smallest absolute Gasteiger partial charge is 0.405 e. The van der Waals surface area contributed by atoms with Crippen LogP contribution < -0.4 is 20.7 Å². The lowest BCUT2D eigenvalue weighted by Crippen LogP contribution is -2.28. The first-order valence-corrected chi connectivity index (χ1v) is 7.75. The zero-order chi connectivity index (χ0) is 18.2. The molecule has 0 aliphatic rings. The second-order valence-electron chi connectivity index (χ2n) is 5.45. The van der Waals surface area contributed by atoms with Gasteiger partial charge in [0.15, 0.2) is 0 Å². The molecule has 0 saturated carbocycles. The Morgan fingerprint density at radius 3 is 2.28 bits per heavy atom. The van der Waals surface area contributed by atoms with Crippen molar-refractivity contribution < 1.29 is 19.4 Å². The van der Waals surface area contributed by atoms with Gasteiger partial charge in [0.1, 0.15) is 5.75 Å². The lowest BCUT2D eigenvalue weighted by Gasteiger charge is -2.13. The normalized spacial score (nSPS) is 11.3. The monoisotopic (exact) mass is 343 g/mol. The third kappa shape index (κ3) is 5.72. The summed E-state index contributed by atoms with van der Waals surface area (Å²) in [5.74, 6) is 0.764. The van der Waals surface area contributed by atoms with Crippen molar-refractivity contribution in [3.05, 3.63) is 59.7 Å². The van der Waals surface area contributed by atoms with E-state index in [2.05, 4.69) is 16.0 Å². The van der Waals surface area contributed by atoms with Crippen molar-refractivity contribution in [2.24, 2.45) is 0 Å². The minimum atomic E-state index is -1.08. The Bertz CT molecular complexity index is 714. The van der Waals surface area contributed by atoms with Crippen LogP contribution in [0.15, 0.2) is 48.5 Å². The minimum absolute atomic E-state index is 0.319. The summed E-state index contributed by atoms with van der Waals surface area (Å²) >= 11 is 0. The Kier molecular flexibility index (Phi) is 6.22. The zero-order valence-electron chi connectivity index (χ0n) is 14.1.